The monoisotopic (exact) mass is 307 g/mol. The Kier molecular flexibility index (Phi) is 4.47. The molecule has 1 aromatic carbocycles. The van der Waals surface area contributed by atoms with E-state index in [1.165, 1.54) is 18.6 Å². The third-order valence-electron chi connectivity index (χ3n) is 4.14. The topological polar surface area (TPSA) is 60.1 Å². The Morgan fingerprint density at radius 2 is 2.36 bits per heavy atom. The van der Waals surface area contributed by atoms with Crippen LogP contribution in [-0.4, -0.2) is 30.7 Å². The van der Waals surface area contributed by atoms with Crippen molar-refractivity contribution in [3.8, 4) is 5.75 Å². The van der Waals surface area contributed by atoms with Gasteiger partial charge in [0.1, 0.15) is 11.6 Å². The number of ether oxygens (including phenoxy) is 2. The van der Waals surface area contributed by atoms with Gasteiger partial charge in [0.2, 0.25) is 0 Å². The van der Waals surface area contributed by atoms with Crippen LogP contribution in [0.1, 0.15) is 30.9 Å². The van der Waals surface area contributed by atoms with Gasteiger partial charge in [-0.2, -0.15) is 0 Å². The Morgan fingerprint density at radius 1 is 1.50 bits per heavy atom. The number of nitrogens with two attached hydrogens (primary N) is 1. The second kappa shape index (κ2) is 6.52. The van der Waals surface area contributed by atoms with E-state index < -0.39 is 0 Å². The van der Waals surface area contributed by atoms with Gasteiger partial charge in [-0.1, -0.05) is 6.92 Å². The van der Waals surface area contributed by atoms with Gasteiger partial charge in [-0.25, -0.2) is 9.38 Å². The Bertz CT molecular complexity index is 577. The summed E-state index contributed by atoms with van der Waals surface area (Å²) in [6.07, 6.45) is 2.36. The van der Waals surface area contributed by atoms with Crippen molar-refractivity contribution >= 4 is 5.96 Å². The van der Waals surface area contributed by atoms with Crippen molar-refractivity contribution in [3.05, 3.63) is 29.1 Å². The summed E-state index contributed by atoms with van der Waals surface area (Å²) in [6.45, 7) is 4.95. The summed E-state index contributed by atoms with van der Waals surface area (Å²) < 4.78 is 24.4. The molecule has 5 nitrogen and oxygen atoms in total. The Morgan fingerprint density at radius 3 is 3.18 bits per heavy atom. The molecule has 0 saturated carbocycles. The molecule has 0 amide bonds. The van der Waals surface area contributed by atoms with Gasteiger partial charge in [-0.3, -0.25) is 0 Å². The summed E-state index contributed by atoms with van der Waals surface area (Å²) >= 11 is 0. The molecule has 6 heteroatoms. The van der Waals surface area contributed by atoms with Crippen LogP contribution >= 0.6 is 0 Å². The van der Waals surface area contributed by atoms with Gasteiger partial charge in [0, 0.05) is 24.2 Å². The fraction of sp³-hybridized carbons (Fsp3) is 0.562. The van der Waals surface area contributed by atoms with Gasteiger partial charge in [-0.05, 0) is 30.9 Å². The number of piperidine rings is 1. The van der Waals surface area contributed by atoms with E-state index in [1.807, 2.05) is 0 Å². The molecule has 0 aliphatic carbocycles. The number of nitrogens with zero attached hydrogens (tertiary/aromatic N) is 2. The van der Waals surface area contributed by atoms with Crippen molar-refractivity contribution in [2.45, 2.75) is 32.9 Å². The number of halogens is 1. The van der Waals surface area contributed by atoms with Crippen LogP contribution in [0.25, 0.3) is 0 Å². The van der Waals surface area contributed by atoms with Crippen LogP contribution < -0.4 is 10.5 Å². The SMILES string of the molecule is CC1CCCN(C(N)=NCc2cc(F)cc3c2OCOC3)C1. The Balaban J connectivity index is 1.75. The lowest BCUT2D eigenvalue weighted by Gasteiger charge is -2.31. The minimum Gasteiger partial charge on any atom is -0.467 e. The van der Waals surface area contributed by atoms with Crippen LogP contribution in [-0.2, 0) is 17.9 Å². The molecule has 1 atom stereocenters. The Hall–Kier alpha value is -1.82. The van der Waals surface area contributed by atoms with E-state index in [2.05, 4.69) is 16.8 Å². The maximum atomic E-state index is 13.7. The van der Waals surface area contributed by atoms with E-state index >= 15 is 0 Å². The fourth-order valence-electron chi connectivity index (χ4n) is 3.04. The molecule has 1 aromatic rings. The van der Waals surface area contributed by atoms with Gasteiger partial charge < -0.3 is 20.1 Å². The molecule has 0 aromatic heterocycles. The summed E-state index contributed by atoms with van der Waals surface area (Å²) in [5.74, 6) is 1.53. The lowest BCUT2D eigenvalue weighted by molar-refractivity contribution is -0.0172. The third-order valence-corrected chi connectivity index (χ3v) is 4.14. The number of fused-ring (bicyclic) bond motifs is 1. The molecule has 2 aliphatic rings. The van der Waals surface area contributed by atoms with Crippen molar-refractivity contribution in [1.82, 2.24) is 4.90 Å². The van der Waals surface area contributed by atoms with E-state index in [0.29, 0.717) is 36.3 Å². The van der Waals surface area contributed by atoms with Crippen molar-refractivity contribution in [2.75, 3.05) is 19.9 Å². The third kappa shape index (κ3) is 3.32. The highest BCUT2D eigenvalue weighted by molar-refractivity contribution is 5.78. The second-order valence-corrected chi connectivity index (χ2v) is 6.03. The number of hydrogen-bond acceptors (Lipinski definition) is 3. The average Bonchev–Trinajstić information content (AvgIpc) is 2.52. The maximum absolute atomic E-state index is 13.7. The van der Waals surface area contributed by atoms with Crippen molar-refractivity contribution in [2.24, 2.45) is 16.6 Å². The fourth-order valence-corrected chi connectivity index (χ4v) is 3.04. The molecule has 1 saturated heterocycles. The molecule has 1 unspecified atom stereocenters. The molecule has 2 N–H and O–H groups in total. The lowest BCUT2D eigenvalue weighted by Crippen LogP contribution is -2.43. The molecule has 22 heavy (non-hydrogen) atoms. The van der Waals surface area contributed by atoms with E-state index in [-0.39, 0.29) is 12.6 Å². The first-order chi connectivity index (χ1) is 10.6. The van der Waals surface area contributed by atoms with Crippen molar-refractivity contribution in [1.29, 1.82) is 0 Å². The van der Waals surface area contributed by atoms with Crippen LogP contribution in [0.2, 0.25) is 0 Å². The highest BCUT2D eigenvalue weighted by atomic mass is 19.1. The van der Waals surface area contributed by atoms with E-state index in [4.69, 9.17) is 15.2 Å². The van der Waals surface area contributed by atoms with E-state index in [1.54, 1.807) is 0 Å². The zero-order valence-electron chi connectivity index (χ0n) is 12.8. The molecule has 120 valence electrons. The van der Waals surface area contributed by atoms with Gasteiger partial charge in [0.25, 0.3) is 0 Å². The van der Waals surface area contributed by atoms with E-state index in [0.717, 1.165) is 25.1 Å². The molecule has 0 spiro atoms. The van der Waals surface area contributed by atoms with Crippen molar-refractivity contribution < 1.29 is 13.9 Å². The summed E-state index contributed by atoms with van der Waals surface area (Å²) in [6, 6.07) is 2.90. The van der Waals surface area contributed by atoms with Crippen LogP contribution in [0, 0.1) is 11.7 Å². The van der Waals surface area contributed by atoms with E-state index in [9.17, 15) is 4.39 Å². The molecular formula is C16H22FN3O2. The normalized spacial score (nSPS) is 22.2. The molecule has 3 rings (SSSR count). The molecule has 1 fully saturated rings. The summed E-state index contributed by atoms with van der Waals surface area (Å²) in [5, 5.41) is 0. The number of benzene rings is 1. The van der Waals surface area contributed by atoms with Crippen molar-refractivity contribution in [3.63, 3.8) is 0 Å². The molecule has 2 aliphatic heterocycles. The smallest absolute Gasteiger partial charge is 0.191 e. The predicted molar refractivity (Wildman–Crippen MR) is 82.0 cm³/mol. The minimum absolute atomic E-state index is 0.189. The van der Waals surface area contributed by atoms with Crippen LogP contribution in [0.5, 0.6) is 5.75 Å². The summed E-state index contributed by atoms with van der Waals surface area (Å²) in [4.78, 5) is 6.54. The first-order valence-corrected chi connectivity index (χ1v) is 7.70. The quantitative estimate of drug-likeness (QED) is 0.672. The summed E-state index contributed by atoms with van der Waals surface area (Å²) in [5.41, 5.74) is 7.53. The van der Waals surface area contributed by atoms with Gasteiger partial charge in [0.05, 0.1) is 13.2 Å². The van der Waals surface area contributed by atoms with Crippen LogP contribution in [0.3, 0.4) is 0 Å². The number of rotatable bonds is 2. The number of aliphatic imine (C=N–C) groups is 1. The first kappa shape index (κ1) is 15.1. The number of guanidine groups is 1. The van der Waals surface area contributed by atoms with Gasteiger partial charge >= 0.3 is 0 Å². The minimum atomic E-state index is -0.303. The van der Waals surface area contributed by atoms with Crippen LogP contribution in [0.15, 0.2) is 17.1 Å². The van der Waals surface area contributed by atoms with Crippen LogP contribution in [0.4, 0.5) is 4.39 Å². The predicted octanol–water partition coefficient (Wildman–Crippen LogP) is 2.24. The average molecular weight is 307 g/mol. The zero-order chi connectivity index (χ0) is 15.5. The molecule has 2 heterocycles. The lowest BCUT2D eigenvalue weighted by atomic mass is 10.0. The highest BCUT2D eigenvalue weighted by Gasteiger charge is 2.19. The molecular weight excluding hydrogens is 285 g/mol. The maximum Gasteiger partial charge on any atom is 0.191 e. The Labute approximate surface area is 129 Å². The largest absolute Gasteiger partial charge is 0.467 e. The zero-order valence-corrected chi connectivity index (χ0v) is 12.8. The molecule has 0 bridgehead atoms. The summed E-state index contributed by atoms with van der Waals surface area (Å²) in [7, 11) is 0. The highest BCUT2D eigenvalue weighted by Crippen LogP contribution is 2.30. The second-order valence-electron chi connectivity index (χ2n) is 6.03. The number of likely N-dealkylation sites (tertiary alicyclic amines) is 1. The van der Waals surface area contributed by atoms with Gasteiger partial charge in [0.15, 0.2) is 12.8 Å². The standard InChI is InChI=1S/C16H22FN3O2/c1-11-3-2-4-20(8-11)16(18)19-7-12-5-14(17)6-13-9-21-10-22-15(12)13/h5-6,11H,2-4,7-10H2,1H3,(H2,18,19). The first-order valence-electron chi connectivity index (χ1n) is 7.70. The number of hydrogen-bond donors (Lipinski definition) is 1. The van der Waals surface area contributed by atoms with Gasteiger partial charge in [-0.15, -0.1) is 0 Å². The molecule has 0 radical (unpaired) electrons.